The van der Waals surface area contributed by atoms with E-state index in [1.165, 1.54) is 0 Å². The molecule has 118 valence electrons. The van der Waals surface area contributed by atoms with Gasteiger partial charge in [0.25, 0.3) is 0 Å². The number of carbonyl (C=O) groups is 2. The van der Waals surface area contributed by atoms with Gasteiger partial charge in [0.2, 0.25) is 0 Å². The van der Waals surface area contributed by atoms with Crippen LogP contribution in [0.3, 0.4) is 0 Å². The van der Waals surface area contributed by atoms with Crippen molar-refractivity contribution in [2.75, 3.05) is 6.61 Å². The molecule has 0 aliphatic rings. The topological polar surface area (TPSA) is 80.0 Å². The Hall–Kier alpha value is -2.66. The molecule has 5 nitrogen and oxygen atoms in total. The lowest BCUT2D eigenvalue weighted by Gasteiger charge is -2.08. The summed E-state index contributed by atoms with van der Waals surface area (Å²) in [6, 6.07) is 4.68. The maximum atomic E-state index is 13.4. The highest BCUT2D eigenvalue weighted by Gasteiger charge is 2.26. The van der Waals surface area contributed by atoms with Gasteiger partial charge < -0.3 is 4.74 Å². The fourth-order valence-corrected chi connectivity index (χ4v) is 2.62. The van der Waals surface area contributed by atoms with Gasteiger partial charge in [0.05, 0.1) is 6.07 Å². The van der Waals surface area contributed by atoms with Crippen LogP contribution in [0.25, 0.3) is 0 Å². The van der Waals surface area contributed by atoms with E-state index in [4.69, 9.17) is 5.26 Å². The van der Waals surface area contributed by atoms with Crippen molar-refractivity contribution in [2.24, 2.45) is 0 Å². The van der Waals surface area contributed by atoms with Crippen LogP contribution >= 0.6 is 11.3 Å². The number of esters is 1. The summed E-state index contributed by atoms with van der Waals surface area (Å²) >= 11 is 1.13. The third-order valence-electron chi connectivity index (χ3n) is 2.85. The number of ketones is 1. The number of aromatic nitrogens is 1. The lowest BCUT2D eigenvalue weighted by molar-refractivity contribution is -0.122. The van der Waals surface area contributed by atoms with E-state index in [0.29, 0.717) is 5.69 Å². The number of thiazole rings is 1. The molecular formula is C15H10F2N2O3S. The van der Waals surface area contributed by atoms with E-state index in [-0.39, 0.29) is 5.01 Å². The first-order valence-electron chi connectivity index (χ1n) is 6.39. The highest BCUT2D eigenvalue weighted by Crippen LogP contribution is 2.21. The third-order valence-corrected chi connectivity index (χ3v) is 3.87. The van der Waals surface area contributed by atoms with Crippen molar-refractivity contribution in [2.45, 2.75) is 12.8 Å². The first-order valence-corrected chi connectivity index (χ1v) is 7.27. The minimum Gasteiger partial charge on any atom is -0.454 e. The Bertz CT molecular complexity index is 778. The minimum absolute atomic E-state index is 0.281. The fraction of sp³-hybridized carbons (Fsp3) is 0.200. The van der Waals surface area contributed by atoms with Crippen LogP contribution in [0.2, 0.25) is 0 Å². The Kier molecular flexibility index (Phi) is 5.13. The van der Waals surface area contributed by atoms with Gasteiger partial charge in [-0.15, -0.1) is 11.3 Å². The van der Waals surface area contributed by atoms with Crippen molar-refractivity contribution in [3.63, 3.8) is 0 Å². The highest BCUT2D eigenvalue weighted by molar-refractivity contribution is 7.09. The van der Waals surface area contributed by atoms with E-state index < -0.39 is 41.5 Å². The molecular weight excluding hydrogens is 326 g/mol. The van der Waals surface area contributed by atoms with E-state index in [1.54, 1.807) is 18.4 Å². The summed E-state index contributed by atoms with van der Waals surface area (Å²) in [6.07, 6.45) is 0. The van der Waals surface area contributed by atoms with Crippen molar-refractivity contribution < 1.29 is 23.1 Å². The van der Waals surface area contributed by atoms with E-state index in [1.807, 2.05) is 0 Å². The van der Waals surface area contributed by atoms with Gasteiger partial charge in [0, 0.05) is 11.1 Å². The molecule has 0 fully saturated rings. The van der Waals surface area contributed by atoms with Gasteiger partial charge in [0.1, 0.15) is 22.2 Å². The van der Waals surface area contributed by atoms with E-state index in [0.717, 1.165) is 29.5 Å². The zero-order valence-corrected chi connectivity index (χ0v) is 12.7. The van der Waals surface area contributed by atoms with Crippen molar-refractivity contribution >= 4 is 23.1 Å². The summed E-state index contributed by atoms with van der Waals surface area (Å²) in [6.45, 7) is 0.934. The Morgan fingerprint density at radius 3 is 2.57 bits per heavy atom. The Balaban J connectivity index is 2.06. The lowest BCUT2D eigenvalue weighted by Crippen LogP contribution is -2.21. The lowest BCUT2D eigenvalue weighted by atomic mass is 10.1. The smallest absolute Gasteiger partial charge is 0.344 e. The second-order valence-corrected chi connectivity index (χ2v) is 5.42. The van der Waals surface area contributed by atoms with Crippen molar-refractivity contribution in [1.82, 2.24) is 4.98 Å². The van der Waals surface area contributed by atoms with Crippen LogP contribution < -0.4 is 0 Å². The number of hydrogen-bond acceptors (Lipinski definition) is 6. The highest BCUT2D eigenvalue weighted by atomic mass is 32.1. The number of carbonyl (C=O) groups excluding carboxylic acids is 2. The van der Waals surface area contributed by atoms with E-state index in [9.17, 15) is 18.4 Å². The van der Waals surface area contributed by atoms with Gasteiger partial charge in [-0.3, -0.25) is 4.79 Å². The number of benzene rings is 1. The molecule has 0 N–H and O–H groups in total. The average Bonchev–Trinajstić information content (AvgIpc) is 2.92. The molecule has 1 aromatic heterocycles. The molecule has 0 bridgehead atoms. The Labute approximate surface area is 134 Å². The SMILES string of the molecule is Cc1csc([C@H](C#N)C(=O)COC(=O)c2c(F)cccc2F)n1. The maximum absolute atomic E-state index is 13.4. The van der Waals surface area contributed by atoms with E-state index >= 15 is 0 Å². The molecule has 2 aromatic rings. The predicted octanol–water partition coefficient (Wildman–Crippen LogP) is 2.76. The summed E-state index contributed by atoms with van der Waals surface area (Å²) in [5, 5.41) is 11.0. The molecule has 1 atom stereocenters. The second-order valence-electron chi connectivity index (χ2n) is 4.53. The monoisotopic (exact) mass is 336 g/mol. The van der Waals surface area contributed by atoms with Crippen LogP contribution in [0.15, 0.2) is 23.6 Å². The molecule has 8 heteroatoms. The number of halogens is 2. The quantitative estimate of drug-likeness (QED) is 0.784. The van der Waals surface area contributed by atoms with Crippen molar-refractivity contribution in [3.8, 4) is 6.07 Å². The number of ether oxygens (including phenoxy) is 1. The summed E-state index contributed by atoms with van der Waals surface area (Å²) in [4.78, 5) is 27.7. The van der Waals surface area contributed by atoms with Crippen LogP contribution in [-0.2, 0) is 9.53 Å². The third kappa shape index (κ3) is 3.76. The van der Waals surface area contributed by atoms with Crippen LogP contribution in [0.1, 0.15) is 27.0 Å². The summed E-state index contributed by atoms with van der Waals surface area (Å²) < 4.78 is 31.5. The molecule has 0 aliphatic heterocycles. The molecule has 0 spiro atoms. The molecule has 0 unspecified atom stereocenters. The Morgan fingerprint density at radius 2 is 2.04 bits per heavy atom. The fourth-order valence-electron chi connectivity index (χ4n) is 1.75. The zero-order valence-electron chi connectivity index (χ0n) is 11.9. The van der Waals surface area contributed by atoms with Crippen LogP contribution in [0.5, 0.6) is 0 Å². The number of Topliss-reactive ketones (excluding diaryl/α,β-unsaturated/α-hetero) is 1. The number of nitrogens with zero attached hydrogens (tertiary/aromatic N) is 2. The average molecular weight is 336 g/mol. The zero-order chi connectivity index (χ0) is 17.0. The van der Waals surface area contributed by atoms with Gasteiger partial charge in [-0.05, 0) is 19.1 Å². The van der Waals surface area contributed by atoms with Crippen molar-refractivity contribution in [3.05, 3.63) is 51.5 Å². The summed E-state index contributed by atoms with van der Waals surface area (Å²) in [5.41, 5.74) is -0.220. The van der Waals surface area contributed by atoms with Crippen LogP contribution in [0.4, 0.5) is 8.78 Å². The summed E-state index contributed by atoms with van der Waals surface area (Å²) in [7, 11) is 0. The number of aryl methyl sites for hydroxylation is 1. The molecule has 0 radical (unpaired) electrons. The molecule has 1 heterocycles. The maximum Gasteiger partial charge on any atom is 0.344 e. The van der Waals surface area contributed by atoms with Crippen LogP contribution in [0, 0.1) is 29.9 Å². The minimum atomic E-state index is -1.30. The van der Waals surface area contributed by atoms with Crippen molar-refractivity contribution in [1.29, 1.82) is 5.26 Å². The van der Waals surface area contributed by atoms with Gasteiger partial charge in [-0.2, -0.15) is 5.26 Å². The first-order chi connectivity index (χ1) is 10.9. The van der Waals surface area contributed by atoms with Crippen LogP contribution in [-0.4, -0.2) is 23.3 Å². The molecule has 23 heavy (non-hydrogen) atoms. The van der Waals surface area contributed by atoms with Gasteiger partial charge in [-0.25, -0.2) is 18.6 Å². The number of rotatable bonds is 5. The first kappa shape index (κ1) is 16.7. The Morgan fingerprint density at radius 1 is 1.39 bits per heavy atom. The molecule has 0 aliphatic carbocycles. The number of nitriles is 1. The standard InChI is InChI=1S/C15H10F2N2O3S/c1-8-7-23-14(19-8)9(5-18)12(20)6-22-15(21)13-10(16)3-2-4-11(13)17/h2-4,7,9H,6H2,1H3/t9-/m1/s1. The van der Waals surface area contributed by atoms with Gasteiger partial charge in [-0.1, -0.05) is 6.07 Å². The molecule has 1 aromatic carbocycles. The van der Waals surface area contributed by atoms with Gasteiger partial charge in [0.15, 0.2) is 18.3 Å². The summed E-state index contributed by atoms with van der Waals surface area (Å²) in [5.74, 6) is -5.38. The molecule has 0 amide bonds. The molecule has 0 saturated heterocycles. The predicted molar refractivity (Wildman–Crippen MR) is 76.9 cm³/mol. The van der Waals surface area contributed by atoms with Gasteiger partial charge >= 0.3 is 5.97 Å². The molecule has 2 rings (SSSR count). The second kappa shape index (κ2) is 7.07. The van der Waals surface area contributed by atoms with E-state index in [2.05, 4.69) is 9.72 Å². The molecule has 0 saturated carbocycles. The number of hydrogen-bond donors (Lipinski definition) is 0. The normalized spacial score (nSPS) is 11.6. The largest absolute Gasteiger partial charge is 0.454 e.